The summed E-state index contributed by atoms with van der Waals surface area (Å²) in [4.78, 5) is 20.0. The van der Waals surface area contributed by atoms with Crippen LogP contribution in [0.25, 0.3) is 22.2 Å². The summed E-state index contributed by atoms with van der Waals surface area (Å²) in [6.45, 7) is 8.08. The predicted molar refractivity (Wildman–Crippen MR) is 190 cm³/mol. The Hall–Kier alpha value is -3.73. The first kappa shape index (κ1) is 31.8. The number of hydrogen-bond donors (Lipinski definition) is 2. The van der Waals surface area contributed by atoms with E-state index in [1.807, 2.05) is 31.5 Å². The van der Waals surface area contributed by atoms with Gasteiger partial charge in [-0.05, 0) is 93.4 Å². The van der Waals surface area contributed by atoms with E-state index in [0.29, 0.717) is 19.1 Å². The van der Waals surface area contributed by atoms with Crippen LogP contribution in [0.2, 0.25) is 0 Å². The Balaban J connectivity index is 1.42. The maximum atomic E-state index is 13.8. The zero-order chi connectivity index (χ0) is 32.7. The fraction of sp³-hybridized carbons (Fsp3) is 0.459. The van der Waals surface area contributed by atoms with Crippen molar-refractivity contribution in [2.24, 2.45) is 5.92 Å². The van der Waals surface area contributed by atoms with Gasteiger partial charge in [-0.1, -0.05) is 31.4 Å². The molecule has 2 aliphatic heterocycles. The zero-order valence-corrected chi connectivity index (χ0v) is 28.9. The number of ether oxygens (including phenoxy) is 2. The SMILES string of the molecule is CSN1NC(C)(C)NC(C)[C@@H]2COc3cc(OCc4ccccn4)ccc3-c3c(C4CCCCC4)c4ccc(cc4n3C2)N(C)C1=O. The summed E-state index contributed by atoms with van der Waals surface area (Å²) in [7, 11) is 1.86. The Bertz CT molecular complexity index is 1750. The highest BCUT2D eigenvalue weighted by Gasteiger charge is 2.35. The minimum absolute atomic E-state index is 0.0616. The van der Waals surface area contributed by atoms with Crippen molar-refractivity contribution in [3.63, 3.8) is 0 Å². The Labute approximate surface area is 282 Å². The fourth-order valence-corrected chi connectivity index (χ4v) is 8.18. The Morgan fingerprint density at radius 1 is 1.09 bits per heavy atom. The van der Waals surface area contributed by atoms with E-state index in [2.05, 4.69) is 77.5 Å². The molecule has 2 atom stereocenters. The number of hydrogen-bond acceptors (Lipinski definition) is 7. The highest BCUT2D eigenvalue weighted by Crippen LogP contribution is 2.48. The van der Waals surface area contributed by atoms with Gasteiger partial charge >= 0.3 is 6.03 Å². The molecule has 47 heavy (non-hydrogen) atoms. The molecule has 2 aromatic heterocycles. The summed E-state index contributed by atoms with van der Waals surface area (Å²) in [6, 6.07) is 18.7. The van der Waals surface area contributed by atoms with Gasteiger partial charge in [0.25, 0.3) is 0 Å². The Morgan fingerprint density at radius 3 is 2.68 bits per heavy atom. The first-order valence-corrected chi connectivity index (χ1v) is 18.0. The van der Waals surface area contributed by atoms with Crippen molar-refractivity contribution in [1.82, 2.24) is 24.7 Å². The fourth-order valence-electron chi connectivity index (χ4n) is 7.58. The second-order valence-corrected chi connectivity index (χ2v) is 14.5. The number of aromatic nitrogens is 2. The molecule has 2 aromatic carbocycles. The smallest absolute Gasteiger partial charge is 0.349 e. The monoisotopic (exact) mass is 654 g/mol. The van der Waals surface area contributed by atoms with E-state index in [1.165, 1.54) is 66.2 Å². The minimum atomic E-state index is -0.569. The van der Waals surface area contributed by atoms with Crippen molar-refractivity contribution in [1.29, 1.82) is 0 Å². The largest absolute Gasteiger partial charge is 0.492 e. The van der Waals surface area contributed by atoms with Gasteiger partial charge in [0.15, 0.2) is 0 Å². The highest BCUT2D eigenvalue weighted by molar-refractivity contribution is 7.96. The third-order valence-electron chi connectivity index (χ3n) is 10.00. The normalized spacial score (nSPS) is 21.8. The lowest BCUT2D eigenvalue weighted by Crippen LogP contribution is -2.63. The van der Waals surface area contributed by atoms with Crippen LogP contribution >= 0.6 is 11.9 Å². The average molecular weight is 655 g/mol. The number of pyridine rings is 1. The summed E-state index contributed by atoms with van der Waals surface area (Å²) in [5.74, 6) is 2.19. The molecule has 9 nitrogen and oxygen atoms in total. The number of urea groups is 1. The maximum Gasteiger partial charge on any atom is 0.349 e. The van der Waals surface area contributed by atoms with Gasteiger partial charge in [0.2, 0.25) is 0 Å². The van der Waals surface area contributed by atoms with Crippen LogP contribution in [0.15, 0.2) is 60.8 Å². The van der Waals surface area contributed by atoms with Crippen LogP contribution in [0, 0.1) is 5.92 Å². The van der Waals surface area contributed by atoms with Crippen LogP contribution in [-0.4, -0.2) is 51.6 Å². The van der Waals surface area contributed by atoms with Crippen molar-refractivity contribution in [2.75, 3.05) is 24.8 Å². The molecule has 248 valence electrons. The molecule has 4 heterocycles. The number of carbonyl (C=O) groups excluding carboxylic acids is 1. The summed E-state index contributed by atoms with van der Waals surface area (Å²) < 4.78 is 17.2. The van der Waals surface area contributed by atoms with Gasteiger partial charge in [-0.15, -0.1) is 0 Å². The second-order valence-electron chi connectivity index (χ2n) is 13.7. The van der Waals surface area contributed by atoms with Crippen molar-refractivity contribution in [3.05, 3.63) is 72.1 Å². The molecule has 4 aromatic rings. The highest BCUT2D eigenvalue weighted by atomic mass is 32.2. The number of hydrazine groups is 1. The van der Waals surface area contributed by atoms with Crippen LogP contribution in [0.4, 0.5) is 10.5 Å². The van der Waals surface area contributed by atoms with Crippen molar-refractivity contribution in [2.45, 2.75) is 83.6 Å². The Morgan fingerprint density at radius 2 is 1.91 bits per heavy atom. The third kappa shape index (κ3) is 6.30. The van der Waals surface area contributed by atoms with Gasteiger partial charge in [-0.3, -0.25) is 15.2 Å². The van der Waals surface area contributed by atoms with Crippen LogP contribution in [-0.2, 0) is 13.2 Å². The lowest BCUT2D eigenvalue weighted by Gasteiger charge is -2.39. The molecule has 10 heteroatoms. The molecule has 0 saturated heterocycles. The molecular weight excluding hydrogens is 609 g/mol. The molecule has 1 fully saturated rings. The lowest BCUT2D eigenvalue weighted by atomic mass is 9.81. The van der Waals surface area contributed by atoms with Crippen molar-refractivity contribution in [3.8, 4) is 22.8 Å². The molecule has 3 aliphatic rings. The minimum Gasteiger partial charge on any atom is -0.492 e. The van der Waals surface area contributed by atoms with Gasteiger partial charge in [0, 0.05) is 60.7 Å². The van der Waals surface area contributed by atoms with Gasteiger partial charge in [0.05, 0.1) is 29.2 Å². The summed E-state index contributed by atoms with van der Waals surface area (Å²) >= 11 is 1.37. The van der Waals surface area contributed by atoms with Crippen LogP contribution in [0.1, 0.15) is 70.1 Å². The van der Waals surface area contributed by atoms with Crippen molar-refractivity contribution < 1.29 is 14.3 Å². The number of nitrogens with zero attached hydrogens (tertiary/aromatic N) is 4. The summed E-state index contributed by atoms with van der Waals surface area (Å²) in [6.07, 6.45) is 9.84. The summed E-state index contributed by atoms with van der Waals surface area (Å²) in [5.41, 5.74) is 9.52. The topological polar surface area (TPSA) is 83.9 Å². The van der Waals surface area contributed by atoms with E-state index in [-0.39, 0.29) is 18.0 Å². The van der Waals surface area contributed by atoms with E-state index in [0.717, 1.165) is 35.0 Å². The number of anilines is 1. The average Bonchev–Trinajstić information content (AvgIpc) is 3.39. The van der Waals surface area contributed by atoms with E-state index in [4.69, 9.17) is 9.47 Å². The Kier molecular flexibility index (Phi) is 8.84. The maximum absolute atomic E-state index is 13.8. The predicted octanol–water partition coefficient (Wildman–Crippen LogP) is 7.71. The van der Waals surface area contributed by atoms with E-state index in [9.17, 15) is 4.79 Å². The number of amides is 2. The molecule has 0 spiro atoms. The van der Waals surface area contributed by atoms with Gasteiger partial charge in [0.1, 0.15) is 18.1 Å². The quantitative estimate of drug-likeness (QED) is 0.213. The standard InChI is InChI=1S/C37H46N6O3S/c1-24-26-21-42-32-19-28(41(4)36(44)43(47-5)40-37(2,3)39-24)14-16-30(32)34(25-11-7-6-8-12-25)35(42)31-17-15-29(20-33(31)46-22-26)45-23-27-13-9-10-18-38-27/h9-10,13-20,24-26,39-40H,6-8,11-12,21-23H2,1-5H3/t24?,26-/m0/s1. The molecule has 1 saturated carbocycles. The van der Waals surface area contributed by atoms with Crippen molar-refractivity contribution >= 4 is 34.6 Å². The summed E-state index contributed by atoms with van der Waals surface area (Å²) in [5, 5.41) is 5.07. The van der Waals surface area contributed by atoms with E-state index < -0.39 is 5.66 Å². The molecule has 2 N–H and O–H groups in total. The number of nitrogens with one attached hydrogen (secondary N) is 2. The van der Waals surface area contributed by atoms with Crippen LogP contribution < -0.4 is 25.1 Å². The van der Waals surface area contributed by atoms with E-state index >= 15 is 0 Å². The molecule has 4 bridgehead atoms. The number of benzene rings is 2. The molecule has 1 aliphatic carbocycles. The van der Waals surface area contributed by atoms with Crippen LogP contribution in [0.3, 0.4) is 0 Å². The van der Waals surface area contributed by atoms with Crippen LogP contribution in [0.5, 0.6) is 11.5 Å². The number of fused-ring (bicyclic) bond motifs is 4. The third-order valence-corrected chi connectivity index (χ3v) is 10.6. The molecular formula is C37H46N6O3S. The molecule has 0 radical (unpaired) electrons. The van der Waals surface area contributed by atoms with Gasteiger partial charge in [-0.25, -0.2) is 10.2 Å². The molecule has 1 unspecified atom stereocenters. The molecule has 7 rings (SSSR count). The first-order valence-electron chi connectivity index (χ1n) is 16.9. The second kappa shape index (κ2) is 13.1. The first-order chi connectivity index (χ1) is 22.7. The van der Waals surface area contributed by atoms with E-state index in [1.54, 1.807) is 15.5 Å². The van der Waals surface area contributed by atoms with Gasteiger partial charge in [-0.2, -0.15) is 4.41 Å². The lowest BCUT2D eigenvalue weighted by molar-refractivity contribution is 0.137. The van der Waals surface area contributed by atoms with Gasteiger partial charge < -0.3 is 14.0 Å². The zero-order valence-electron chi connectivity index (χ0n) is 28.1. The number of carbonyl (C=O) groups is 1. The number of rotatable bonds is 5. The molecule has 2 amide bonds.